The van der Waals surface area contributed by atoms with Crippen molar-refractivity contribution in [3.8, 4) is 0 Å². The Morgan fingerprint density at radius 2 is 1.94 bits per heavy atom. The molecule has 102 valence electrons. The molecule has 4 nitrogen and oxygen atoms in total. The van der Waals surface area contributed by atoms with E-state index in [-0.39, 0.29) is 23.1 Å². The summed E-state index contributed by atoms with van der Waals surface area (Å²) in [5, 5.41) is 9.29. The monoisotopic (exact) mass is 311 g/mol. The van der Waals surface area contributed by atoms with Gasteiger partial charge in [0.05, 0.1) is 14.9 Å². The Labute approximate surface area is 117 Å². The minimum absolute atomic E-state index is 0.0482. The number of halogens is 2. The Morgan fingerprint density at radius 3 is 2.44 bits per heavy atom. The maximum Gasteiger partial charge on any atom is 0.243 e. The molecule has 0 aliphatic carbocycles. The SMILES string of the molecule is CCN(CCCO)S(=O)(=O)c1ccc(Cl)c(Cl)c1. The number of sulfonamides is 1. The topological polar surface area (TPSA) is 57.6 Å². The fourth-order valence-corrected chi connectivity index (χ4v) is 3.36. The first kappa shape index (κ1) is 15.7. The Bertz CT molecular complexity index is 505. The summed E-state index contributed by atoms with van der Waals surface area (Å²) in [5.74, 6) is 0. The number of rotatable bonds is 6. The predicted octanol–water partition coefficient (Wildman–Crippen LogP) is 2.39. The molecule has 0 heterocycles. The van der Waals surface area contributed by atoms with E-state index in [0.717, 1.165) is 0 Å². The van der Waals surface area contributed by atoms with Gasteiger partial charge in [-0.1, -0.05) is 30.1 Å². The lowest BCUT2D eigenvalue weighted by atomic mass is 10.4. The third-order valence-electron chi connectivity index (χ3n) is 2.45. The van der Waals surface area contributed by atoms with Gasteiger partial charge in [0.25, 0.3) is 0 Å². The third-order valence-corrected chi connectivity index (χ3v) is 5.16. The van der Waals surface area contributed by atoms with Gasteiger partial charge in [0.15, 0.2) is 0 Å². The highest BCUT2D eigenvalue weighted by atomic mass is 35.5. The lowest BCUT2D eigenvalue weighted by Gasteiger charge is -2.20. The molecule has 0 spiro atoms. The second kappa shape index (κ2) is 6.73. The molecule has 0 saturated heterocycles. The zero-order valence-electron chi connectivity index (χ0n) is 9.94. The van der Waals surface area contributed by atoms with Crippen molar-refractivity contribution in [2.45, 2.75) is 18.2 Å². The average Bonchev–Trinajstić information content (AvgIpc) is 2.33. The van der Waals surface area contributed by atoms with Gasteiger partial charge in [-0.25, -0.2) is 8.42 Å². The standard InChI is InChI=1S/C11H15Cl2NO3S/c1-2-14(6-3-7-15)18(16,17)9-4-5-10(12)11(13)8-9/h4-5,8,15H,2-3,6-7H2,1H3. The fraction of sp³-hybridized carbons (Fsp3) is 0.455. The van der Waals surface area contributed by atoms with Gasteiger partial charge < -0.3 is 5.11 Å². The Balaban J connectivity index is 3.06. The van der Waals surface area contributed by atoms with Crippen molar-refractivity contribution in [2.24, 2.45) is 0 Å². The molecule has 0 saturated carbocycles. The third kappa shape index (κ3) is 3.59. The molecule has 0 radical (unpaired) electrons. The number of aliphatic hydroxyl groups is 1. The molecule has 0 amide bonds. The van der Waals surface area contributed by atoms with Crippen LogP contribution in [0.15, 0.2) is 23.1 Å². The zero-order valence-corrected chi connectivity index (χ0v) is 12.3. The average molecular weight is 312 g/mol. The molecule has 1 rings (SSSR count). The molecular weight excluding hydrogens is 297 g/mol. The molecule has 18 heavy (non-hydrogen) atoms. The van der Waals surface area contributed by atoms with E-state index >= 15 is 0 Å². The number of aliphatic hydroxyl groups excluding tert-OH is 1. The van der Waals surface area contributed by atoms with Crippen LogP contribution < -0.4 is 0 Å². The van der Waals surface area contributed by atoms with Gasteiger partial charge in [0, 0.05) is 19.7 Å². The van der Waals surface area contributed by atoms with E-state index in [1.165, 1.54) is 22.5 Å². The maximum absolute atomic E-state index is 12.3. The van der Waals surface area contributed by atoms with Crippen LogP contribution in [0.2, 0.25) is 10.0 Å². The molecule has 0 bridgehead atoms. The van der Waals surface area contributed by atoms with Crippen molar-refractivity contribution in [2.75, 3.05) is 19.7 Å². The Hall–Kier alpha value is -0.330. The number of benzene rings is 1. The van der Waals surface area contributed by atoms with Crippen LogP contribution in [0, 0.1) is 0 Å². The van der Waals surface area contributed by atoms with E-state index in [0.29, 0.717) is 18.0 Å². The summed E-state index contributed by atoms with van der Waals surface area (Å²) in [6, 6.07) is 4.21. The van der Waals surface area contributed by atoms with Crippen LogP contribution in [0.25, 0.3) is 0 Å². The highest BCUT2D eigenvalue weighted by molar-refractivity contribution is 7.89. The number of hydrogen-bond donors (Lipinski definition) is 1. The highest BCUT2D eigenvalue weighted by Crippen LogP contribution is 2.26. The summed E-state index contributed by atoms with van der Waals surface area (Å²) in [5.41, 5.74) is 0. The summed E-state index contributed by atoms with van der Waals surface area (Å²) < 4.78 is 25.8. The first-order valence-corrected chi connectivity index (χ1v) is 7.69. The van der Waals surface area contributed by atoms with Crippen LogP contribution in [0.1, 0.15) is 13.3 Å². The second-order valence-corrected chi connectivity index (χ2v) is 6.40. The molecule has 7 heteroatoms. The number of hydrogen-bond acceptors (Lipinski definition) is 3. The van der Waals surface area contributed by atoms with Crippen molar-refractivity contribution < 1.29 is 13.5 Å². The van der Waals surface area contributed by atoms with E-state index in [2.05, 4.69) is 0 Å². The lowest BCUT2D eigenvalue weighted by molar-refractivity contribution is 0.271. The summed E-state index contributed by atoms with van der Waals surface area (Å²) in [6.07, 6.45) is 0.397. The summed E-state index contributed by atoms with van der Waals surface area (Å²) in [7, 11) is -3.58. The highest BCUT2D eigenvalue weighted by Gasteiger charge is 2.23. The van der Waals surface area contributed by atoms with Gasteiger partial charge in [-0.05, 0) is 24.6 Å². The van der Waals surface area contributed by atoms with Gasteiger partial charge in [0.2, 0.25) is 10.0 Å². The molecule has 0 fully saturated rings. The van der Waals surface area contributed by atoms with Gasteiger partial charge in [-0.3, -0.25) is 0 Å². The summed E-state index contributed by atoms with van der Waals surface area (Å²) >= 11 is 11.6. The quantitative estimate of drug-likeness (QED) is 0.877. The van der Waals surface area contributed by atoms with Crippen LogP contribution in [0.5, 0.6) is 0 Å². The predicted molar refractivity (Wildman–Crippen MR) is 72.6 cm³/mol. The van der Waals surface area contributed by atoms with Crippen LogP contribution in [0.4, 0.5) is 0 Å². The smallest absolute Gasteiger partial charge is 0.243 e. The van der Waals surface area contributed by atoms with E-state index in [9.17, 15) is 8.42 Å². The molecule has 1 N–H and O–H groups in total. The minimum atomic E-state index is -3.58. The summed E-state index contributed by atoms with van der Waals surface area (Å²) in [4.78, 5) is 0.108. The fourth-order valence-electron chi connectivity index (χ4n) is 1.48. The normalized spacial score (nSPS) is 12.1. The van der Waals surface area contributed by atoms with Crippen molar-refractivity contribution >= 4 is 33.2 Å². The molecule has 0 aliphatic rings. The molecular formula is C11H15Cl2NO3S. The van der Waals surface area contributed by atoms with Crippen molar-refractivity contribution in [1.29, 1.82) is 0 Å². The number of nitrogens with zero attached hydrogens (tertiary/aromatic N) is 1. The van der Waals surface area contributed by atoms with Gasteiger partial charge in [-0.15, -0.1) is 0 Å². The minimum Gasteiger partial charge on any atom is -0.396 e. The van der Waals surface area contributed by atoms with Crippen molar-refractivity contribution in [3.05, 3.63) is 28.2 Å². The van der Waals surface area contributed by atoms with E-state index in [1.54, 1.807) is 6.92 Å². The van der Waals surface area contributed by atoms with Crippen molar-refractivity contribution in [1.82, 2.24) is 4.31 Å². The van der Waals surface area contributed by atoms with Gasteiger partial charge in [-0.2, -0.15) is 4.31 Å². The first-order valence-electron chi connectivity index (χ1n) is 5.49. The first-order chi connectivity index (χ1) is 8.43. The van der Waals surface area contributed by atoms with Crippen LogP contribution in [-0.4, -0.2) is 37.5 Å². The largest absolute Gasteiger partial charge is 0.396 e. The van der Waals surface area contributed by atoms with E-state index in [4.69, 9.17) is 28.3 Å². The van der Waals surface area contributed by atoms with E-state index < -0.39 is 10.0 Å². The zero-order chi connectivity index (χ0) is 13.8. The maximum atomic E-state index is 12.3. The molecule has 0 aromatic heterocycles. The molecule has 0 unspecified atom stereocenters. The van der Waals surface area contributed by atoms with E-state index in [1.807, 2.05) is 0 Å². The van der Waals surface area contributed by atoms with Crippen LogP contribution in [-0.2, 0) is 10.0 Å². The molecule has 0 atom stereocenters. The second-order valence-electron chi connectivity index (χ2n) is 3.65. The molecule has 1 aromatic carbocycles. The lowest BCUT2D eigenvalue weighted by Crippen LogP contribution is -2.32. The summed E-state index contributed by atoms with van der Waals surface area (Å²) in [6.45, 7) is 2.30. The van der Waals surface area contributed by atoms with Crippen LogP contribution >= 0.6 is 23.2 Å². The van der Waals surface area contributed by atoms with Gasteiger partial charge >= 0.3 is 0 Å². The Morgan fingerprint density at radius 1 is 1.28 bits per heavy atom. The molecule has 0 aliphatic heterocycles. The molecule has 1 aromatic rings. The van der Waals surface area contributed by atoms with Crippen LogP contribution in [0.3, 0.4) is 0 Å². The van der Waals surface area contributed by atoms with Gasteiger partial charge in [0.1, 0.15) is 0 Å². The Kier molecular flexibility index (Phi) is 5.88. The van der Waals surface area contributed by atoms with Crippen molar-refractivity contribution in [3.63, 3.8) is 0 Å².